The Morgan fingerprint density at radius 1 is 1.29 bits per heavy atom. The van der Waals surface area contributed by atoms with Crippen molar-refractivity contribution in [2.45, 2.75) is 78.5 Å². The van der Waals surface area contributed by atoms with Crippen molar-refractivity contribution in [1.29, 1.82) is 0 Å². The normalized spacial score (nSPS) is 22.4. The van der Waals surface area contributed by atoms with E-state index in [-0.39, 0.29) is 11.5 Å². The second-order valence-electron chi connectivity index (χ2n) is 6.99. The Balaban J connectivity index is 3.12. The molecule has 0 radical (unpaired) electrons. The van der Waals surface area contributed by atoms with Gasteiger partial charge in [0.15, 0.2) is 0 Å². The fourth-order valence-electron chi connectivity index (χ4n) is 3.47. The van der Waals surface area contributed by atoms with E-state index in [1.54, 1.807) is 0 Å². The van der Waals surface area contributed by atoms with Gasteiger partial charge in [-0.15, -0.1) is 0 Å². The van der Waals surface area contributed by atoms with Crippen molar-refractivity contribution in [3.8, 4) is 0 Å². The Bertz CT molecular complexity index is 425. The molecule has 4 nitrogen and oxygen atoms in total. The number of carbonyl (C=O) groups is 1. The second kappa shape index (κ2) is 6.73. The minimum Gasteiger partial charge on any atom is -0.410 e. The third-order valence-electron chi connectivity index (χ3n) is 4.71. The van der Waals surface area contributed by atoms with Crippen LogP contribution < -0.4 is 0 Å². The lowest BCUT2D eigenvalue weighted by Gasteiger charge is -2.55. The fraction of sp³-hybridized carbons (Fsp3) is 0.765. The first-order chi connectivity index (χ1) is 9.68. The third kappa shape index (κ3) is 3.73. The number of hydrogen-bond donors (Lipinski definition) is 0. The number of ether oxygens (including phenoxy) is 1. The molecule has 120 valence electrons. The van der Waals surface area contributed by atoms with Crippen molar-refractivity contribution in [2.24, 2.45) is 4.99 Å². The summed E-state index contributed by atoms with van der Waals surface area (Å²) in [6.45, 7) is 13.0. The summed E-state index contributed by atoms with van der Waals surface area (Å²) < 4.78 is 6.28. The molecule has 0 aromatic heterocycles. The molecule has 1 atom stereocenters. The SMILES string of the molecule is CCCCCC(C)(C)[N+]1(C(C)(C)OC(C)=O)C=CN=CC1. The van der Waals surface area contributed by atoms with Crippen LogP contribution in [0.5, 0.6) is 0 Å². The number of unbranched alkanes of at least 4 members (excludes halogenated alkanes) is 2. The van der Waals surface area contributed by atoms with Gasteiger partial charge in [-0.1, -0.05) is 19.8 Å². The Hall–Kier alpha value is -1.16. The van der Waals surface area contributed by atoms with Crippen LogP contribution in [0.3, 0.4) is 0 Å². The van der Waals surface area contributed by atoms with Gasteiger partial charge in [0, 0.05) is 27.2 Å². The summed E-state index contributed by atoms with van der Waals surface area (Å²) in [5.41, 5.74) is -0.651. The number of esters is 1. The van der Waals surface area contributed by atoms with Crippen molar-refractivity contribution >= 4 is 12.2 Å². The van der Waals surface area contributed by atoms with E-state index < -0.39 is 5.72 Å². The predicted molar refractivity (Wildman–Crippen MR) is 86.8 cm³/mol. The van der Waals surface area contributed by atoms with Gasteiger partial charge in [-0.05, 0) is 20.3 Å². The molecule has 1 heterocycles. The average molecular weight is 295 g/mol. The van der Waals surface area contributed by atoms with Gasteiger partial charge in [0.2, 0.25) is 5.72 Å². The highest BCUT2D eigenvalue weighted by Crippen LogP contribution is 2.41. The lowest BCUT2D eigenvalue weighted by atomic mass is 9.88. The van der Waals surface area contributed by atoms with Crippen molar-refractivity contribution in [3.63, 3.8) is 0 Å². The van der Waals surface area contributed by atoms with E-state index in [4.69, 9.17) is 4.74 Å². The maximum absolute atomic E-state index is 11.5. The molecule has 0 aromatic carbocycles. The minimum atomic E-state index is -0.621. The predicted octanol–water partition coefficient (Wildman–Crippen LogP) is 4.02. The summed E-state index contributed by atoms with van der Waals surface area (Å²) in [5, 5.41) is 0. The molecule has 0 bridgehead atoms. The minimum absolute atomic E-state index is 0.0307. The smallest absolute Gasteiger partial charge is 0.307 e. The number of quaternary nitrogens is 1. The summed E-state index contributed by atoms with van der Waals surface area (Å²) in [6, 6.07) is 0. The van der Waals surface area contributed by atoms with Gasteiger partial charge in [-0.25, -0.2) is 4.48 Å². The van der Waals surface area contributed by atoms with Crippen LogP contribution in [0.2, 0.25) is 0 Å². The number of rotatable bonds is 7. The van der Waals surface area contributed by atoms with Gasteiger partial charge in [-0.3, -0.25) is 9.79 Å². The standard InChI is InChI=1S/C17H31N2O2/c1-7-8-9-10-16(3,4)19(13-11-18-12-14-19)17(5,6)21-15(2)20/h11-13H,7-10,14H2,1-6H3/q+1. The zero-order chi connectivity index (χ0) is 16.1. The van der Waals surface area contributed by atoms with Crippen LogP contribution in [-0.2, 0) is 9.53 Å². The molecule has 0 spiro atoms. The van der Waals surface area contributed by atoms with E-state index >= 15 is 0 Å². The van der Waals surface area contributed by atoms with E-state index in [1.165, 1.54) is 26.2 Å². The molecule has 1 aliphatic heterocycles. The summed E-state index contributed by atoms with van der Waals surface area (Å²) >= 11 is 0. The first kappa shape index (κ1) is 17.9. The summed E-state index contributed by atoms with van der Waals surface area (Å²) in [5.74, 6) is -0.238. The molecule has 0 aromatic rings. The lowest BCUT2D eigenvalue weighted by Crippen LogP contribution is -2.70. The molecule has 4 heteroatoms. The van der Waals surface area contributed by atoms with Crippen molar-refractivity contribution in [1.82, 2.24) is 0 Å². The molecule has 1 rings (SSSR count). The maximum Gasteiger partial charge on any atom is 0.307 e. The molecule has 1 aliphatic rings. The number of hydrogen-bond acceptors (Lipinski definition) is 3. The van der Waals surface area contributed by atoms with Crippen LogP contribution in [0.1, 0.15) is 67.2 Å². The summed E-state index contributed by atoms with van der Waals surface area (Å²) in [4.78, 5) is 15.8. The first-order valence-electron chi connectivity index (χ1n) is 7.95. The molecule has 0 saturated carbocycles. The van der Waals surface area contributed by atoms with Gasteiger partial charge in [0.1, 0.15) is 18.3 Å². The molecular formula is C17H31N2O2+. The number of carbonyl (C=O) groups excluding carboxylic acids is 1. The average Bonchev–Trinajstić information content (AvgIpc) is 2.38. The Kier molecular flexibility index (Phi) is 5.74. The van der Waals surface area contributed by atoms with Crippen LogP contribution in [0.4, 0.5) is 0 Å². The van der Waals surface area contributed by atoms with Crippen molar-refractivity contribution in [2.75, 3.05) is 6.54 Å². The van der Waals surface area contributed by atoms with Gasteiger partial charge >= 0.3 is 5.97 Å². The van der Waals surface area contributed by atoms with Crippen LogP contribution in [0.15, 0.2) is 17.4 Å². The Morgan fingerprint density at radius 2 is 1.95 bits per heavy atom. The summed E-state index contributed by atoms with van der Waals surface area (Å²) in [6.07, 6.45) is 10.6. The number of nitrogens with zero attached hydrogens (tertiary/aromatic N) is 2. The second-order valence-corrected chi connectivity index (χ2v) is 6.99. The van der Waals surface area contributed by atoms with Gasteiger partial charge in [0.25, 0.3) is 0 Å². The molecular weight excluding hydrogens is 264 g/mol. The highest BCUT2D eigenvalue weighted by atomic mass is 16.6. The van der Waals surface area contributed by atoms with Crippen LogP contribution in [0, 0.1) is 0 Å². The number of aliphatic imine (C=N–C) groups is 1. The maximum atomic E-state index is 11.5. The van der Waals surface area contributed by atoms with E-state index in [0.717, 1.165) is 13.0 Å². The van der Waals surface area contributed by atoms with Crippen molar-refractivity contribution in [3.05, 3.63) is 12.4 Å². The molecule has 1 unspecified atom stereocenters. The van der Waals surface area contributed by atoms with Gasteiger partial charge in [0.05, 0.1) is 12.4 Å². The van der Waals surface area contributed by atoms with Gasteiger partial charge in [-0.2, -0.15) is 0 Å². The lowest BCUT2D eigenvalue weighted by molar-refractivity contribution is -0.984. The molecule has 21 heavy (non-hydrogen) atoms. The zero-order valence-corrected chi connectivity index (χ0v) is 14.5. The van der Waals surface area contributed by atoms with E-state index in [0.29, 0.717) is 4.48 Å². The fourth-order valence-corrected chi connectivity index (χ4v) is 3.47. The highest BCUT2D eigenvalue weighted by Gasteiger charge is 2.54. The van der Waals surface area contributed by atoms with E-state index in [1.807, 2.05) is 26.3 Å². The molecule has 0 N–H and O–H groups in total. The zero-order valence-electron chi connectivity index (χ0n) is 14.5. The van der Waals surface area contributed by atoms with Crippen molar-refractivity contribution < 1.29 is 14.0 Å². The van der Waals surface area contributed by atoms with Crippen LogP contribution in [-0.4, -0.2) is 34.5 Å². The third-order valence-corrected chi connectivity index (χ3v) is 4.71. The molecule has 0 saturated heterocycles. The molecule has 0 fully saturated rings. The molecule has 0 amide bonds. The molecule has 0 aliphatic carbocycles. The van der Waals surface area contributed by atoms with E-state index in [9.17, 15) is 4.79 Å². The Morgan fingerprint density at radius 3 is 2.43 bits per heavy atom. The van der Waals surface area contributed by atoms with Gasteiger partial charge < -0.3 is 4.74 Å². The quantitative estimate of drug-likeness (QED) is 0.404. The monoisotopic (exact) mass is 295 g/mol. The first-order valence-corrected chi connectivity index (χ1v) is 7.95. The van der Waals surface area contributed by atoms with Crippen LogP contribution >= 0.6 is 0 Å². The summed E-state index contributed by atoms with van der Waals surface area (Å²) in [7, 11) is 0. The van der Waals surface area contributed by atoms with E-state index in [2.05, 4.69) is 32.0 Å². The topological polar surface area (TPSA) is 38.7 Å². The van der Waals surface area contributed by atoms with Crippen LogP contribution in [0.25, 0.3) is 0 Å². The highest BCUT2D eigenvalue weighted by molar-refractivity contribution is 5.66. The largest absolute Gasteiger partial charge is 0.410 e. The Labute approximate surface area is 129 Å².